The highest BCUT2D eigenvalue weighted by atomic mass is 16.6. The normalized spacial score (nSPS) is 12.5. The Balaban J connectivity index is 5.06. The summed E-state index contributed by atoms with van der Waals surface area (Å²) in [5, 5.41) is 0. The first-order valence-electron chi connectivity index (χ1n) is 27.7. The molecule has 5 nitrogen and oxygen atoms in total. The van der Waals surface area contributed by atoms with Crippen molar-refractivity contribution >= 4 is 23.5 Å². The summed E-state index contributed by atoms with van der Waals surface area (Å²) in [5.74, 6) is -1.62. The minimum Gasteiger partial charge on any atom is -0.393 e. The number of ketones is 2. The van der Waals surface area contributed by atoms with Crippen molar-refractivity contribution in [1.29, 1.82) is 0 Å². The molecule has 360 valence electrons. The first-order valence-corrected chi connectivity index (χ1v) is 27.7. The summed E-state index contributed by atoms with van der Waals surface area (Å²) >= 11 is 0. The number of rotatable bonds is 50. The molecule has 0 saturated carbocycles. The van der Waals surface area contributed by atoms with E-state index in [4.69, 9.17) is 4.74 Å². The molecule has 0 radical (unpaired) electrons. The Morgan fingerprint density at radius 2 is 0.475 bits per heavy atom. The van der Waals surface area contributed by atoms with Gasteiger partial charge in [-0.2, -0.15) is 0 Å². The molecular formula is C56H106O5. The quantitative estimate of drug-likeness (QED) is 0.0346. The molecule has 0 spiro atoms. The maximum Gasteiger partial charge on any atom is 0.314 e. The Morgan fingerprint density at radius 1 is 0.279 bits per heavy atom. The molecule has 0 aromatic carbocycles. The second-order valence-electron chi connectivity index (χ2n) is 19.4. The number of Topliss-reactive ketones (excluding diaryl/α,β-unsaturated/α-hetero) is 2. The van der Waals surface area contributed by atoms with Gasteiger partial charge in [0.25, 0.3) is 0 Å². The molecule has 0 aliphatic heterocycles. The molecule has 0 aliphatic rings. The van der Waals surface area contributed by atoms with E-state index in [9.17, 15) is 19.2 Å². The molecule has 0 fully saturated rings. The van der Waals surface area contributed by atoms with Crippen LogP contribution in [-0.2, 0) is 23.9 Å². The number of esters is 2. The van der Waals surface area contributed by atoms with Crippen molar-refractivity contribution in [2.24, 2.45) is 11.8 Å². The summed E-state index contributed by atoms with van der Waals surface area (Å²) in [4.78, 5) is 53.6. The van der Waals surface area contributed by atoms with Crippen LogP contribution in [0, 0.1) is 11.8 Å². The van der Waals surface area contributed by atoms with Gasteiger partial charge in [0.2, 0.25) is 0 Å². The average Bonchev–Trinajstić information content (AvgIpc) is 3.25. The van der Waals surface area contributed by atoms with Crippen molar-refractivity contribution in [2.75, 3.05) is 0 Å². The summed E-state index contributed by atoms with van der Waals surface area (Å²) in [6, 6.07) is 0. The fourth-order valence-corrected chi connectivity index (χ4v) is 9.10. The van der Waals surface area contributed by atoms with Gasteiger partial charge in [-0.05, 0) is 25.7 Å². The Labute approximate surface area is 381 Å². The molecule has 5 heteroatoms. The third kappa shape index (κ3) is 42.2. The average molecular weight is 859 g/mol. The summed E-state index contributed by atoms with van der Waals surface area (Å²) in [6.07, 6.45) is 51.4. The van der Waals surface area contributed by atoms with E-state index in [0.717, 1.165) is 51.4 Å². The van der Waals surface area contributed by atoms with Crippen molar-refractivity contribution < 1.29 is 23.9 Å². The van der Waals surface area contributed by atoms with Crippen LogP contribution in [0.5, 0.6) is 0 Å². The molecule has 0 heterocycles. The minimum atomic E-state index is -0.585. The maximum atomic E-state index is 13.5. The van der Waals surface area contributed by atoms with Gasteiger partial charge in [-0.3, -0.25) is 19.2 Å². The number of carbonyl (C=O) groups excluding carboxylic acids is 4. The molecule has 0 rings (SSSR count). The fourth-order valence-electron chi connectivity index (χ4n) is 9.10. The highest BCUT2D eigenvalue weighted by Crippen LogP contribution is 2.24. The van der Waals surface area contributed by atoms with Crippen LogP contribution in [-0.4, -0.2) is 23.5 Å². The van der Waals surface area contributed by atoms with E-state index in [-0.39, 0.29) is 36.2 Å². The minimum absolute atomic E-state index is 0.0186. The van der Waals surface area contributed by atoms with E-state index >= 15 is 0 Å². The third-order valence-electron chi connectivity index (χ3n) is 13.3. The molecule has 0 aliphatic carbocycles. The van der Waals surface area contributed by atoms with Gasteiger partial charge in [0.1, 0.15) is 11.6 Å². The van der Waals surface area contributed by atoms with Crippen LogP contribution in [0.4, 0.5) is 0 Å². The standard InChI is InChI=1S/C56H106O5/c1-5-9-13-17-21-25-27-31-35-39-43-47-53(57)51(45-41-37-33-29-23-19-15-11-7-3)49-55(59)61-56(60)50-52(46-42-38-34-30-24-20-16-12-8-4)54(58)48-44-40-36-32-28-26-22-18-14-10-6-2/h51-52H,5-50H2,1-4H3/t51-,52-/m0/s1. The number of carbonyl (C=O) groups is 4. The van der Waals surface area contributed by atoms with Gasteiger partial charge in [-0.25, -0.2) is 0 Å². The summed E-state index contributed by atoms with van der Waals surface area (Å²) in [6.45, 7) is 9.02. The van der Waals surface area contributed by atoms with Gasteiger partial charge in [-0.1, -0.05) is 272 Å². The lowest BCUT2D eigenvalue weighted by atomic mass is 9.89. The lowest BCUT2D eigenvalue weighted by molar-refractivity contribution is -0.162. The zero-order valence-corrected chi connectivity index (χ0v) is 41.7. The molecular weight excluding hydrogens is 753 g/mol. The van der Waals surface area contributed by atoms with Gasteiger partial charge >= 0.3 is 11.9 Å². The van der Waals surface area contributed by atoms with E-state index < -0.39 is 11.9 Å². The van der Waals surface area contributed by atoms with Crippen molar-refractivity contribution in [2.45, 2.75) is 323 Å². The van der Waals surface area contributed by atoms with E-state index in [1.807, 2.05) is 0 Å². The number of hydrogen-bond acceptors (Lipinski definition) is 5. The summed E-state index contributed by atoms with van der Waals surface area (Å²) in [5.41, 5.74) is 0. The van der Waals surface area contributed by atoms with Crippen LogP contribution in [0.1, 0.15) is 323 Å². The highest BCUT2D eigenvalue weighted by Gasteiger charge is 2.26. The predicted octanol–water partition coefficient (Wildman–Crippen LogP) is 18.5. The number of unbranched alkanes of at least 4 members (excludes halogenated alkanes) is 36. The molecule has 0 aromatic rings. The smallest absolute Gasteiger partial charge is 0.314 e. The van der Waals surface area contributed by atoms with E-state index in [0.29, 0.717) is 25.7 Å². The van der Waals surface area contributed by atoms with Gasteiger partial charge < -0.3 is 4.74 Å². The molecule has 2 atom stereocenters. The molecule has 0 N–H and O–H groups in total. The van der Waals surface area contributed by atoms with Crippen LogP contribution in [0.3, 0.4) is 0 Å². The third-order valence-corrected chi connectivity index (χ3v) is 13.3. The van der Waals surface area contributed by atoms with E-state index in [2.05, 4.69) is 27.7 Å². The van der Waals surface area contributed by atoms with Crippen molar-refractivity contribution in [3.63, 3.8) is 0 Å². The largest absolute Gasteiger partial charge is 0.393 e. The number of ether oxygens (including phenoxy) is 1. The lowest BCUT2D eigenvalue weighted by Crippen LogP contribution is -2.24. The van der Waals surface area contributed by atoms with Crippen molar-refractivity contribution in [1.82, 2.24) is 0 Å². The van der Waals surface area contributed by atoms with Crippen molar-refractivity contribution in [3.8, 4) is 0 Å². The highest BCUT2D eigenvalue weighted by molar-refractivity contribution is 5.92. The maximum absolute atomic E-state index is 13.5. The molecule has 0 bridgehead atoms. The Hall–Kier alpha value is -1.52. The first-order chi connectivity index (χ1) is 29.9. The topological polar surface area (TPSA) is 77.5 Å². The predicted molar refractivity (Wildman–Crippen MR) is 263 cm³/mol. The zero-order valence-electron chi connectivity index (χ0n) is 41.7. The Kier molecular flexibility index (Phi) is 46.8. The van der Waals surface area contributed by atoms with Crippen LogP contribution in [0.2, 0.25) is 0 Å². The number of hydrogen-bond donors (Lipinski definition) is 0. The zero-order chi connectivity index (χ0) is 44.7. The van der Waals surface area contributed by atoms with Gasteiger partial charge in [0.15, 0.2) is 0 Å². The van der Waals surface area contributed by atoms with Crippen molar-refractivity contribution in [3.05, 3.63) is 0 Å². The summed E-state index contributed by atoms with van der Waals surface area (Å²) in [7, 11) is 0. The molecule has 0 unspecified atom stereocenters. The summed E-state index contributed by atoms with van der Waals surface area (Å²) < 4.78 is 5.44. The van der Waals surface area contributed by atoms with Crippen LogP contribution >= 0.6 is 0 Å². The molecule has 0 saturated heterocycles. The van der Waals surface area contributed by atoms with Crippen LogP contribution < -0.4 is 0 Å². The molecule has 0 aromatic heterocycles. The molecule has 61 heavy (non-hydrogen) atoms. The van der Waals surface area contributed by atoms with Crippen LogP contribution in [0.25, 0.3) is 0 Å². The van der Waals surface area contributed by atoms with Gasteiger partial charge in [-0.15, -0.1) is 0 Å². The lowest BCUT2D eigenvalue weighted by Gasteiger charge is -2.17. The van der Waals surface area contributed by atoms with Gasteiger partial charge in [0.05, 0.1) is 12.8 Å². The van der Waals surface area contributed by atoms with Gasteiger partial charge in [0, 0.05) is 24.7 Å². The van der Waals surface area contributed by atoms with Crippen LogP contribution in [0.15, 0.2) is 0 Å². The Bertz CT molecular complexity index is 898. The second-order valence-corrected chi connectivity index (χ2v) is 19.4. The fraction of sp³-hybridized carbons (Fsp3) is 0.929. The molecule has 0 amide bonds. The SMILES string of the molecule is CCCCCCCCCCCCCC(=O)[C@@H](CCCCCCCCCCC)CC(=O)OC(=O)C[C@H](CCCCCCCCCCC)C(=O)CCCCCCCCCCCCC. The van der Waals surface area contributed by atoms with E-state index in [1.54, 1.807) is 0 Å². The van der Waals surface area contributed by atoms with E-state index in [1.165, 1.54) is 205 Å². The first kappa shape index (κ1) is 59.5. The second kappa shape index (κ2) is 47.9. The Morgan fingerprint density at radius 3 is 0.705 bits per heavy atom. The monoisotopic (exact) mass is 859 g/mol.